The van der Waals surface area contributed by atoms with E-state index in [0.717, 1.165) is 11.1 Å². The third-order valence-electron chi connectivity index (χ3n) is 1.39. The van der Waals surface area contributed by atoms with Gasteiger partial charge in [0.1, 0.15) is 0 Å². The average Bonchev–Trinajstić information content (AvgIpc) is 2.18. The third-order valence-corrected chi connectivity index (χ3v) is 1.39. The summed E-state index contributed by atoms with van der Waals surface area (Å²) >= 11 is 0. The molecule has 0 saturated heterocycles. The van der Waals surface area contributed by atoms with Gasteiger partial charge in [-0.3, -0.25) is 0 Å². The highest BCUT2D eigenvalue weighted by Crippen LogP contribution is 2.12. The smallest absolute Gasteiger partial charge is 0.0127 e. The Bertz CT molecular complexity index is 292. The second-order valence-corrected chi connectivity index (χ2v) is 2.22. The minimum absolute atomic E-state index is 0. The number of hydrogen-bond acceptors (Lipinski definition) is 0. The molecule has 0 unspecified atom stereocenters. The Hall–Kier alpha value is -1.52. The predicted molar refractivity (Wildman–Crippen MR) is 62.7 cm³/mol. The standard InChI is InChI=1S/C11H10.2CH4/c1-3-7-11-9-6-4-5-8-10(11)2;;/h3-4,6-9H,1-2H2;2*1H4/b11-7-;;. The molecule has 0 aromatic rings. The van der Waals surface area contributed by atoms with Gasteiger partial charge in [-0.15, -0.1) is 5.73 Å². The van der Waals surface area contributed by atoms with Crippen LogP contribution < -0.4 is 0 Å². The molecule has 0 nitrogen and oxygen atoms in total. The van der Waals surface area contributed by atoms with E-state index in [-0.39, 0.29) is 14.9 Å². The zero-order chi connectivity index (χ0) is 8.10. The molecule has 0 bridgehead atoms. The van der Waals surface area contributed by atoms with Crippen LogP contribution in [0.5, 0.6) is 0 Å². The van der Waals surface area contributed by atoms with Gasteiger partial charge in [0, 0.05) is 0 Å². The molecular weight excluding hydrogens is 156 g/mol. The van der Waals surface area contributed by atoms with Gasteiger partial charge in [-0.05, 0) is 23.3 Å². The highest BCUT2D eigenvalue weighted by atomic mass is 14.0. The molecule has 0 saturated carbocycles. The molecule has 70 valence electrons. The molecule has 0 heteroatoms. The van der Waals surface area contributed by atoms with E-state index in [4.69, 9.17) is 0 Å². The van der Waals surface area contributed by atoms with Gasteiger partial charge >= 0.3 is 0 Å². The number of rotatable bonds is 1. The average molecular weight is 174 g/mol. The van der Waals surface area contributed by atoms with Crippen LogP contribution in [0.3, 0.4) is 0 Å². The molecule has 1 aliphatic carbocycles. The van der Waals surface area contributed by atoms with Gasteiger partial charge in [0.05, 0.1) is 0 Å². The van der Waals surface area contributed by atoms with Gasteiger partial charge < -0.3 is 0 Å². The molecule has 0 spiro atoms. The van der Waals surface area contributed by atoms with Crippen LogP contribution in [0.4, 0.5) is 0 Å². The van der Waals surface area contributed by atoms with Crippen LogP contribution in [0.25, 0.3) is 0 Å². The van der Waals surface area contributed by atoms with Crippen molar-refractivity contribution in [3.8, 4) is 0 Å². The fraction of sp³-hybridized carbons (Fsp3) is 0.154. The Balaban J connectivity index is 0. The zero-order valence-corrected chi connectivity index (χ0v) is 6.38. The second-order valence-electron chi connectivity index (χ2n) is 2.22. The summed E-state index contributed by atoms with van der Waals surface area (Å²) in [5.74, 6) is 0. The van der Waals surface area contributed by atoms with Crippen molar-refractivity contribution in [2.24, 2.45) is 0 Å². The molecule has 1 aliphatic rings. The number of allylic oxidation sites excluding steroid dienone is 7. The fourth-order valence-corrected chi connectivity index (χ4v) is 0.836. The van der Waals surface area contributed by atoms with Crippen molar-refractivity contribution in [1.82, 2.24) is 0 Å². The Kier molecular flexibility index (Phi) is 7.71. The molecule has 0 aromatic heterocycles. The second kappa shape index (κ2) is 7.15. The van der Waals surface area contributed by atoms with Crippen LogP contribution >= 0.6 is 0 Å². The maximum atomic E-state index is 3.87. The van der Waals surface area contributed by atoms with Crippen molar-refractivity contribution in [2.75, 3.05) is 0 Å². The monoisotopic (exact) mass is 174 g/mol. The van der Waals surface area contributed by atoms with E-state index in [1.807, 2.05) is 30.4 Å². The summed E-state index contributed by atoms with van der Waals surface area (Å²) in [4.78, 5) is 0. The van der Waals surface area contributed by atoms with E-state index in [9.17, 15) is 0 Å². The molecule has 13 heavy (non-hydrogen) atoms. The van der Waals surface area contributed by atoms with Crippen LogP contribution in [-0.2, 0) is 0 Å². The Morgan fingerprint density at radius 3 is 2.62 bits per heavy atom. The lowest BCUT2D eigenvalue weighted by Crippen LogP contribution is -1.77. The zero-order valence-electron chi connectivity index (χ0n) is 6.38. The summed E-state index contributed by atoms with van der Waals surface area (Å²) in [6, 6.07) is 0. The summed E-state index contributed by atoms with van der Waals surface area (Å²) in [7, 11) is 0. The van der Waals surface area contributed by atoms with Crippen LogP contribution in [0.15, 0.2) is 66.5 Å². The normalized spacial score (nSPS) is 16.0. The minimum Gasteiger partial charge on any atom is -0.120 e. The fourth-order valence-electron chi connectivity index (χ4n) is 0.836. The maximum absolute atomic E-state index is 3.87. The van der Waals surface area contributed by atoms with Gasteiger partial charge in [0.2, 0.25) is 0 Å². The maximum Gasteiger partial charge on any atom is -0.0127 e. The van der Waals surface area contributed by atoms with Crippen molar-refractivity contribution >= 4 is 0 Å². The van der Waals surface area contributed by atoms with Crippen molar-refractivity contribution < 1.29 is 0 Å². The first-order chi connectivity index (χ1) is 5.34. The largest absolute Gasteiger partial charge is 0.120 e. The number of hydrogen-bond donors (Lipinski definition) is 0. The third kappa shape index (κ3) is 4.15. The van der Waals surface area contributed by atoms with E-state index >= 15 is 0 Å². The molecule has 0 amide bonds. The minimum atomic E-state index is 0. The van der Waals surface area contributed by atoms with Crippen LogP contribution in [0.1, 0.15) is 14.9 Å². The first-order valence-corrected chi connectivity index (χ1v) is 3.46. The molecule has 0 radical (unpaired) electrons. The van der Waals surface area contributed by atoms with E-state index < -0.39 is 0 Å². The van der Waals surface area contributed by atoms with E-state index in [1.165, 1.54) is 0 Å². The van der Waals surface area contributed by atoms with Crippen LogP contribution in [-0.4, -0.2) is 0 Å². The molecule has 0 aromatic carbocycles. The molecular formula is C13H18. The SMILES string of the molecule is C.C.C=C/C=C1/C=CC=C=CC1=C. The Morgan fingerprint density at radius 1 is 1.31 bits per heavy atom. The highest BCUT2D eigenvalue weighted by molar-refractivity contribution is 5.48. The molecule has 0 atom stereocenters. The highest BCUT2D eigenvalue weighted by Gasteiger charge is 1.93. The van der Waals surface area contributed by atoms with Gasteiger partial charge in [-0.2, -0.15) is 0 Å². The molecule has 0 heterocycles. The van der Waals surface area contributed by atoms with E-state index in [2.05, 4.69) is 18.9 Å². The molecule has 0 aliphatic heterocycles. The lowest BCUT2D eigenvalue weighted by atomic mass is 10.1. The quantitative estimate of drug-likeness (QED) is 0.522. The van der Waals surface area contributed by atoms with E-state index in [0.29, 0.717) is 0 Å². The van der Waals surface area contributed by atoms with Crippen LogP contribution in [0, 0.1) is 0 Å². The predicted octanol–water partition coefficient (Wildman–Crippen LogP) is 4.21. The summed E-state index contributed by atoms with van der Waals surface area (Å²) in [6.45, 7) is 7.49. The summed E-state index contributed by atoms with van der Waals surface area (Å²) in [6.07, 6.45) is 11.3. The van der Waals surface area contributed by atoms with E-state index in [1.54, 1.807) is 6.08 Å². The summed E-state index contributed by atoms with van der Waals surface area (Å²) in [5.41, 5.74) is 5.03. The first-order valence-electron chi connectivity index (χ1n) is 3.46. The Labute approximate surface area is 82.0 Å². The lowest BCUT2D eigenvalue weighted by Gasteiger charge is -1.96. The van der Waals surface area contributed by atoms with Gasteiger partial charge in [-0.25, -0.2) is 0 Å². The first kappa shape index (κ1) is 14.0. The lowest BCUT2D eigenvalue weighted by molar-refractivity contribution is 1.59. The van der Waals surface area contributed by atoms with Crippen molar-refractivity contribution in [3.63, 3.8) is 0 Å². The topological polar surface area (TPSA) is 0 Å². The molecule has 0 N–H and O–H groups in total. The van der Waals surface area contributed by atoms with Crippen molar-refractivity contribution in [2.45, 2.75) is 14.9 Å². The molecule has 1 rings (SSSR count). The van der Waals surface area contributed by atoms with Gasteiger partial charge in [0.25, 0.3) is 0 Å². The Morgan fingerprint density at radius 2 is 2.00 bits per heavy atom. The van der Waals surface area contributed by atoms with Gasteiger partial charge in [0.15, 0.2) is 0 Å². The summed E-state index contributed by atoms with van der Waals surface area (Å²) in [5, 5.41) is 0. The summed E-state index contributed by atoms with van der Waals surface area (Å²) < 4.78 is 0. The van der Waals surface area contributed by atoms with Crippen LogP contribution in [0.2, 0.25) is 0 Å². The molecule has 0 fully saturated rings. The van der Waals surface area contributed by atoms with Crippen molar-refractivity contribution in [1.29, 1.82) is 0 Å². The van der Waals surface area contributed by atoms with Crippen molar-refractivity contribution in [3.05, 3.63) is 66.5 Å². The van der Waals surface area contributed by atoms with Gasteiger partial charge in [-0.1, -0.05) is 52.3 Å².